The Morgan fingerprint density at radius 2 is 1.87 bits per heavy atom. The molecule has 3 rings (SSSR count). The molecule has 164 valence electrons. The lowest BCUT2D eigenvalue weighted by Gasteiger charge is -2.18. The number of benzene rings is 2. The van der Waals surface area contributed by atoms with Gasteiger partial charge in [0, 0.05) is 13.6 Å². The van der Waals surface area contributed by atoms with E-state index in [1.165, 1.54) is 0 Å². The lowest BCUT2D eigenvalue weighted by atomic mass is 10.1. The van der Waals surface area contributed by atoms with E-state index >= 15 is 0 Å². The highest BCUT2D eigenvalue weighted by molar-refractivity contribution is 8.15. The number of carbonyl (C=O) groups is 3. The molecule has 0 bridgehead atoms. The second-order valence-corrected chi connectivity index (χ2v) is 8.43. The van der Waals surface area contributed by atoms with Crippen molar-refractivity contribution in [3.05, 3.63) is 59.7 Å². The van der Waals surface area contributed by atoms with E-state index in [9.17, 15) is 14.4 Å². The van der Waals surface area contributed by atoms with Gasteiger partial charge in [-0.2, -0.15) is 0 Å². The van der Waals surface area contributed by atoms with Gasteiger partial charge in [-0.1, -0.05) is 48.2 Å². The van der Waals surface area contributed by atoms with Gasteiger partial charge in [-0.15, -0.1) is 0 Å². The number of rotatable bonds is 10. The second-order valence-electron chi connectivity index (χ2n) is 7.25. The highest BCUT2D eigenvalue weighted by atomic mass is 32.2. The molecule has 1 heterocycles. The Labute approximate surface area is 186 Å². The predicted molar refractivity (Wildman–Crippen MR) is 120 cm³/mol. The average molecular weight is 443 g/mol. The van der Waals surface area contributed by atoms with Crippen molar-refractivity contribution >= 4 is 28.8 Å². The molecule has 0 saturated carbocycles. The van der Waals surface area contributed by atoms with Crippen LogP contribution in [0.25, 0.3) is 0 Å². The number of thioether (sulfide) groups is 1. The fourth-order valence-electron chi connectivity index (χ4n) is 3.22. The van der Waals surface area contributed by atoms with Crippen LogP contribution in [0.4, 0.5) is 4.79 Å². The molecule has 1 saturated heterocycles. The molecule has 2 aromatic rings. The Hall–Kier alpha value is -3.00. The van der Waals surface area contributed by atoms with Gasteiger partial charge in [-0.3, -0.25) is 19.7 Å². The van der Waals surface area contributed by atoms with E-state index in [1.807, 2.05) is 42.5 Å². The monoisotopic (exact) mass is 442 g/mol. The first-order valence-corrected chi connectivity index (χ1v) is 10.9. The van der Waals surface area contributed by atoms with Crippen LogP contribution in [0.5, 0.6) is 11.5 Å². The summed E-state index contributed by atoms with van der Waals surface area (Å²) in [7, 11) is 3.36. The van der Waals surface area contributed by atoms with Gasteiger partial charge in [0.05, 0.1) is 25.4 Å². The molecular weight excluding hydrogens is 416 g/mol. The number of carbonyl (C=O) groups excluding carboxylic acids is 3. The third-order valence-electron chi connectivity index (χ3n) is 4.94. The number of ether oxygens (including phenoxy) is 2. The summed E-state index contributed by atoms with van der Waals surface area (Å²) in [5, 5.41) is 1.55. The zero-order chi connectivity index (χ0) is 22.2. The van der Waals surface area contributed by atoms with E-state index in [0.717, 1.165) is 22.9 Å². The first kappa shape index (κ1) is 22.7. The number of amides is 3. The van der Waals surface area contributed by atoms with Crippen molar-refractivity contribution in [3.8, 4) is 11.5 Å². The van der Waals surface area contributed by atoms with Crippen LogP contribution in [-0.4, -0.2) is 54.5 Å². The van der Waals surface area contributed by atoms with Crippen molar-refractivity contribution in [3.63, 3.8) is 0 Å². The molecular formula is C23H26N2O5S. The van der Waals surface area contributed by atoms with Gasteiger partial charge >= 0.3 is 0 Å². The van der Waals surface area contributed by atoms with Crippen LogP contribution in [0.15, 0.2) is 48.5 Å². The number of hydrogen-bond donors (Lipinski definition) is 1. The molecule has 1 aliphatic heterocycles. The SMILES string of the molecule is COc1ccc(CC2SC(=O)NC2=O)cc1OCCCN(C)C(=O)Cc1ccccc1. The minimum Gasteiger partial charge on any atom is -0.493 e. The summed E-state index contributed by atoms with van der Waals surface area (Å²) < 4.78 is 11.3. The number of methoxy groups -OCH3 is 1. The van der Waals surface area contributed by atoms with Crippen LogP contribution in [0, 0.1) is 0 Å². The van der Waals surface area contributed by atoms with Crippen molar-refractivity contribution < 1.29 is 23.9 Å². The Balaban J connectivity index is 1.49. The van der Waals surface area contributed by atoms with E-state index in [4.69, 9.17) is 9.47 Å². The summed E-state index contributed by atoms with van der Waals surface area (Å²) in [6.07, 6.45) is 1.47. The number of nitrogens with one attached hydrogen (secondary N) is 1. The average Bonchev–Trinajstić information content (AvgIpc) is 3.08. The van der Waals surface area contributed by atoms with Crippen LogP contribution in [0.2, 0.25) is 0 Å². The summed E-state index contributed by atoms with van der Waals surface area (Å²) in [5.74, 6) is 0.967. The summed E-state index contributed by atoms with van der Waals surface area (Å²) in [4.78, 5) is 37.2. The maximum absolute atomic E-state index is 12.3. The van der Waals surface area contributed by atoms with E-state index < -0.39 is 5.25 Å². The number of nitrogens with zero attached hydrogens (tertiary/aromatic N) is 1. The Kier molecular flexibility index (Phi) is 7.94. The lowest BCUT2D eigenvalue weighted by Crippen LogP contribution is -2.30. The predicted octanol–water partition coefficient (Wildman–Crippen LogP) is 3.06. The molecule has 0 spiro atoms. The van der Waals surface area contributed by atoms with Gasteiger partial charge in [0.25, 0.3) is 5.24 Å². The number of imide groups is 1. The van der Waals surface area contributed by atoms with E-state index in [0.29, 0.717) is 43.9 Å². The smallest absolute Gasteiger partial charge is 0.286 e. The number of likely N-dealkylation sites (N-methyl/N-ethyl adjacent to an activating group) is 1. The zero-order valence-corrected chi connectivity index (χ0v) is 18.4. The topological polar surface area (TPSA) is 84.9 Å². The fourth-order valence-corrected chi connectivity index (χ4v) is 4.08. The normalized spacial score (nSPS) is 15.5. The first-order valence-electron chi connectivity index (χ1n) is 10.1. The summed E-state index contributed by atoms with van der Waals surface area (Å²) in [6.45, 7) is 0.995. The van der Waals surface area contributed by atoms with Gasteiger partial charge in [0.15, 0.2) is 11.5 Å². The van der Waals surface area contributed by atoms with Crippen molar-refractivity contribution in [2.75, 3.05) is 27.3 Å². The van der Waals surface area contributed by atoms with Crippen LogP contribution in [-0.2, 0) is 22.4 Å². The largest absolute Gasteiger partial charge is 0.493 e. The molecule has 0 radical (unpaired) electrons. The molecule has 1 atom stereocenters. The van der Waals surface area contributed by atoms with Crippen molar-refractivity contribution in [2.45, 2.75) is 24.5 Å². The summed E-state index contributed by atoms with van der Waals surface area (Å²) in [6, 6.07) is 15.1. The zero-order valence-electron chi connectivity index (χ0n) is 17.6. The lowest BCUT2D eigenvalue weighted by molar-refractivity contribution is -0.129. The van der Waals surface area contributed by atoms with Crippen LogP contribution < -0.4 is 14.8 Å². The van der Waals surface area contributed by atoms with Crippen LogP contribution in [0.1, 0.15) is 17.5 Å². The van der Waals surface area contributed by atoms with E-state index in [2.05, 4.69) is 5.32 Å². The van der Waals surface area contributed by atoms with Crippen molar-refractivity contribution in [2.24, 2.45) is 0 Å². The van der Waals surface area contributed by atoms with Crippen molar-refractivity contribution in [1.82, 2.24) is 10.2 Å². The van der Waals surface area contributed by atoms with Gasteiger partial charge in [0.1, 0.15) is 0 Å². The molecule has 7 nitrogen and oxygen atoms in total. The third kappa shape index (κ3) is 6.49. The molecule has 1 N–H and O–H groups in total. The molecule has 1 unspecified atom stereocenters. The molecule has 2 aromatic carbocycles. The Bertz CT molecular complexity index is 935. The van der Waals surface area contributed by atoms with Crippen LogP contribution >= 0.6 is 11.8 Å². The standard InChI is InChI=1S/C23H26N2O5S/c1-25(21(26)15-16-7-4-3-5-8-16)11-6-12-30-19-13-17(9-10-18(19)29-2)14-20-22(27)24-23(28)31-20/h3-5,7-10,13,20H,6,11-12,14-15H2,1-2H3,(H,24,27,28). The maximum Gasteiger partial charge on any atom is 0.286 e. The van der Waals surface area contributed by atoms with Gasteiger partial charge in [-0.05, 0) is 36.1 Å². The van der Waals surface area contributed by atoms with Crippen LogP contribution in [0.3, 0.4) is 0 Å². The van der Waals surface area contributed by atoms with Gasteiger partial charge in [-0.25, -0.2) is 0 Å². The fraction of sp³-hybridized carbons (Fsp3) is 0.348. The molecule has 0 aliphatic carbocycles. The minimum atomic E-state index is -0.432. The highest BCUT2D eigenvalue weighted by Gasteiger charge is 2.31. The first-order chi connectivity index (χ1) is 15.0. The number of hydrogen-bond acceptors (Lipinski definition) is 6. The second kappa shape index (κ2) is 10.9. The summed E-state index contributed by atoms with van der Waals surface area (Å²) >= 11 is 1.00. The summed E-state index contributed by atoms with van der Waals surface area (Å²) in [5.41, 5.74) is 1.88. The van der Waals surface area contributed by atoms with Gasteiger partial charge in [0.2, 0.25) is 11.8 Å². The Morgan fingerprint density at radius 1 is 1.10 bits per heavy atom. The molecule has 1 aliphatic rings. The highest BCUT2D eigenvalue weighted by Crippen LogP contribution is 2.31. The van der Waals surface area contributed by atoms with Gasteiger partial charge < -0.3 is 14.4 Å². The Morgan fingerprint density at radius 3 is 2.55 bits per heavy atom. The third-order valence-corrected chi connectivity index (χ3v) is 5.92. The van der Waals surface area contributed by atoms with E-state index in [-0.39, 0.29) is 17.1 Å². The molecule has 8 heteroatoms. The quantitative estimate of drug-likeness (QED) is 0.570. The van der Waals surface area contributed by atoms with Crippen molar-refractivity contribution in [1.29, 1.82) is 0 Å². The molecule has 3 amide bonds. The molecule has 31 heavy (non-hydrogen) atoms. The molecule has 0 aromatic heterocycles. The van der Waals surface area contributed by atoms with E-state index in [1.54, 1.807) is 25.1 Å². The maximum atomic E-state index is 12.3. The minimum absolute atomic E-state index is 0.0627. The molecule has 1 fully saturated rings.